The molecule has 0 aliphatic carbocycles. The number of aromatic nitrogens is 3. The lowest BCUT2D eigenvalue weighted by Gasteiger charge is -2.20. The second-order valence-corrected chi connectivity index (χ2v) is 10.4. The molecule has 3 aromatic heterocycles. The van der Waals surface area contributed by atoms with Gasteiger partial charge in [-0.2, -0.15) is 8.42 Å². The van der Waals surface area contributed by atoms with Crippen molar-refractivity contribution < 1.29 is 18.0 Å². The Morgan fingerprint density at radius 2 is 1.97 bits per heavy atom. The molecule has 0 unspecified atom stereocenters. The van der Waals surface area contributed by atoms with Gasteiger partial charge in [-0.05, 0) is 32.0 Å². The highest BCUT2D eigenvalue weighted by atomic mass is 32.2. The molecule has 4 rings (SSSR count). The highest BCUT2D eigenvalue weighted by molar-refractivity contribution is 7.92. The fourth-order valence-electron chi connectivity index (χ4n) is 3.47. The molecule has 0 saturated heterocycles. The first-order valence-corrected chi connectivity index (χ1v) is 12.8. The minimum Gasteiger partial charge on any atom is -0.422 e. The van der Waals surface area contributed by atoms with Gasteiger partial charge in [0.05, 0.1) is 11.8 Å². The summed E-state index contributed by atoms with van der Waals surface area (Å²) in [5, 5.41) is 17.0. The van der Waals surface area contributed by atoms with Gasteiger partial charge >= 0.3 is 15.6 Å². The van der Waals surface area contributed by atoms with Gasteiger partial charge in [-0.15, -0.1) is 9.50 Å². The Balaban J connectivity index is 1.84. The van der Waals surface area contributed by atoms with E-state index in [2.05, 4.69) is 24.5 Å². The molecule has 184 valence electrons. The molecule has 0 fully saturated rings. The van der Waals surface area contributed by atoms with Crippen molar-refractivity contribution in [3.63, 3.8) is 0 Å². The highest BCUT2D eigenvalue weighted by Gasteiger charge is 2.25. The van der Waals surface area contributed by atoms with Crippen LogP contribution < -0.4 is 10.5 Å². The molecule has 4 aromatic rings. The standard InChI is InChI=1S/C21H23N7O5S2/c1-5-27(6-2)14-8-7-13-9-15(19(29)33-17(13)10-14)18-16(11-22-30)28-20(24-18)34-21(25-28)35(31,32)23-12-26(3)4/h7-12,30H,5-6H2,1-4H3/b22-11+,23-12?. The van der Waals surface area contributed by atoms with Crippen molar-refractivity contribution in [2.24, 2.45) is 9.55 Å². The number of rotatable bonds is 8. The predicted molar refractivity (Wildman–Crippen MR) is 135 cm³/mol. The Bertz CT molecular complexity index is 1610. The van der Waals surface area contributed by atoms with E-state index in [9.17, 15) is 18.4 Å². The van der Waals surface area contributed by atoms with Crippen LogP contribution in [0.5, 0.6) is 0 Å². The molecule has 0 saturated carbocycles. The zero-order valence-corrected chi connectivity index (χ0v) is 21.0. The molecular weight excluding hydrogens is 494 g/mol. The van der Waals surface area contributed by atoms with E-state index in [1.807, 2.05) is 32.0 Å². The minimum absolute atomic E-state index is 0.114. The van der Waals surface area contributed by atoms with Crippen molar-refractivity contribution in [2.75, 3.05) is 32.1 Å². The average Bonchev–Trinajstić information content (AvgIpc) is 3.38. The molecule has 0 aliphatic rings. The van der Waals surface area contributed by atoms with Crippen molar-refractivity contribution in [1.82, 2.24) is 19.5 Å². The second kappa shape index (κ2) is 9.46. The third kappa shape index (κ3) is 4.61. The molecule has 0 radical (unpaired) electrons. The number of imidazole rings is 1. The van der Waals surface area contributed by atoms with Gasteiger partial charge in [-0.1, -0.05) is 16.5 Å². The van der Waals surface area contributed by atoms with Crippen molar-refractivity contribution in [1.29, 1.82) is 0 Å². The molecule has 0 spiro atoms. The molecule has 1 N–H and O–H groups in total. The van der Waals surface area contributed by atoms with E-state index in [1.165, 1.54) is 9.42 Å². The summed E-state index contributed by atoms with van der Waals surface area (Å²) in [7, 11) is -0.797. The van der Waals surface area contributed by atoms with Crippen molar-refractivity contribution in [2.45, 2.75) is 18.2 Å². The maximum absolute atomic E-state index is 12.9. The highest BCUT2D eigenvalue weighted by Crippen LogP contribution is 2.29. The van der Waals surface area contributed by atoms with Crippen LogP contribution in [0.25, 0.3) is 27.2 Å². The van der Waals surface area contributed by atoms with E-state index >= 15 is 0 Å². The van der Waals surface area contributed by atoms with Crippen LogP contribution in [0, 0.1) is 0 Å². The van der Waals surface area contributed by atoms with Gasteiger partial charge in [0, 0.05) is 44.3 Å². The van der Waals surface area contributed by atoms with Gasteiger partial charge in [0.1, 0.15) is 23.3 Å². The van der Waals surface area contributed by atoms with Crippen molar-refractivity contribution >= 4 is 55.5 Å². The van der Waals surface area contributed by atoms with Crippen LogP contribution >= 0.6 is 11.3 Å². The van der Waals surface area contributed by atoms with Crippen LogP contribution in [-0.4, -0.2) is 72.9 Å². The molecule has 0 amide bonds. The molecular formula is C21H23N7O5S2. The van der Waals surface area contributed by atoms with Crippen LogP contribution in [0.2, 0.25) is 0 Å². The molecule has 1 aromatic carbocycles. The maximum atomic E-state index is 12.9. The average molecular weight is 518 g/mol. The van der Waals surface area contributed by atoms with E-state index in [4.69, 9.17) is 4.42 Å². The third-order valence-corrected chi connectivity index (χ3v) is 7.62. The first-order chi connectivity index (χ1) is 16.7. The topological polar surface area (TPSA) is 146 Å². The zero-order valence-electron chi connectivity index (χ0n) is 19.4. The van der Waals surface area contributed by atoms with E-state index < -0.39 is 15.6 Å². The Morgan fingerprint density at radius 1 is 1.23 bits per heavy atom. The van der Waals surface area contributed by atoms with Gasteiger partial charge in [0.15, 0.2) is 0 Å². The summed E-state index contributed by atoms with van der Waals surface area (Å²) in [6, 6.07) is 7.23. The lowest BCUT2D eigenvalue weighted by molar-refractivity contribution is 0.321. The Kier molecular flexibility index (Phi) is 6.58. The quantitative estimate of drug-likeness (QED) is 0.122. The third-order valence-electron chi connectivity index (χ3n) is 5.14. The number of nitrogens with zero attached hydrogens (tertiary/aromatic N) is 7. The monoisotopic (exact) mass is 517 g/mol. The summed E-state index contributed by atoms with van der Waals surface area (Å²) in [6.07, 6.45) is 2.18. The summed E-state index contributed by atoms with van der Waals surface area (Å²) in [5.41, 5.74) is 1.09. The number of sulfonamides is 1. The number of hydrogen-bond donors (Lipinski definition) is 1. The summed E-state index contributed by atoms with van der Waals surface area (Å²) in [6.45, 7) is 5.71. The first-order valence-electron chi connectivity index (χ1n) is 10.6. The van der Waals surface area contributed by atoms with Crippen LogP contribution in [0.1, 0.15) is 19.5 Å². The molecule has 0 aliphatic heterocycles. The van der Waals surface area contributed by atoms with Crippen LogP contribution in [0.4, 0.5) is 5.69 Å². The summed E-state index contributed by atoms with van der Waals surface area (Å²) in [5.74, 6) is 0. The van der Waals surface area contributed by atoms with Gasteiger partial charge < -0.3 is 19.4 Å². The minimum atomic E-state index is -4.07. The smallest absolute Gasteiger partial charge is 0.345 e. The van der Waals surface area contributed by atoms with Crippen LogP contribution in [-0.2, 0) is 10.0 Å². The van der Waals surface area contributed by atoms with Gasteiger partial charge in [-0.3, -0.25) is 0 Å². The fourth-order valence-corrected chi connectivity index (χ4v) is 5.47. The van der Waals surface area contributed by atoms with E-state index in [-0.39, 0.29) is 26.3 Å². The maximum Gasteiger partial charge on any atom is 0.345 e. The van der Waals surface area contributed by atoms with E-state index in [1.54, 1.807) is 20.2 Å². The van der Waals surface area contributed by atoms with Gasteiger partial charge in [-0.25, -0.2) is 14.3 Å². The Morgan fingerprint density at radius 3 is 2.63 bits per heavy atom. The normalized spacial score (nSPS) is 12.5. The lowest BCUT2D eigenvalue weighted by Crippen LogP contribution is -2.21. The number of hydrogen-bond acceptors (Lipinski definition) is 10. The largest absolute Gasteiger partial charge is 0.422 e. The number of benzene rings is 1. The molecule has 0 atom stereocenters. The molecule has 14 heteroatoms. The SMILES string of the molecule is CCN(CC)c1ccc2cc(-c3nc4sc(S(=O)(=O)N=CN(C)C)nn4c3/C=N/O)c(=O)oc2c1. The Labute approximate surface area is 204 Å². The summed E-state index contributed by atoms with van der Waals surface area (Å²) in [4.78, 5) is 21.1. The first kappa shape index (κ1) is 24.3. The molecule has 12 nitrogen and oxygen atoms in total. The van der Waals surface area contributed by atoms with Crippen molar-refractivity contribution in [3.05, 3.63) is 40.4 Å². The summed E-state index contributed by atoms with van der Waals surface area (Å²) >= 11 is 0.770. The Hall–Kier alpha value is -3.78. The van der Waals surface area contributed by atoms with Crippen LogP contribution in [0.3, 0.4) is 0 Å². The predicted octanol–water partition coefficient (Wildman–Crippen LogP) is 2.50. The van der Waals surface area contributed by atoms with Crippen molar-refractivity contribution in [3.8, 4) is 11.3 Å². The van der Waals surface area contributed by atoms with E-state index in [0.29, 0.717) is 11.0 Å². The molecule has 35 heavy (non-hydrogen) atoms. The molecule has 0 bridgehead atoms. The summed E-state index contributed by atoms with van der Waals surface area (Å²) < 4.78 is 35.0. The number of oxime groups is 1. The number of anilines is 1. The lowest BCUT2D eigenvalue weighted by atomic mass is 10.1. The molecule has 3 heterocycles. The van der Waals surface area contributed by atoms with Gasteiger partial charge in [0.2, 0.25) is 4.96 Å². The second-order valence-electron chi connectivity index (χ2n) is 7.65. The van der Waals surface area contributed by atoms with Gasteiger partial charge in [0.25, 0.3) is 4.34 Å². The fraction of sp³-hybridized carbons (Fsp3) is 0.286. The zero-order chi connectivity index (χ0) is 25.3. The number of fused-ring (bicyclic) bond motifs is 2. The van der Waals surface area contributed by atoms with Crippen LogP contribution in [0.15, 0.2) is 47.4 Å². The van der Waals surface area contributed by atoms with E-state index in [0.717, 1.165) is 42.7 Å².